The molecule has 0 aliphatic carbocycles. The van der Waals surface area contributed by atoms with Crippen LogP contribution in [-0.2, 0) is 17.6 Å². The average Bonchev–Trinajstić information content (AvgIpc) is 3.39. The number of benzene rings is 3. The second-order valence-corrected chi connectivity index (χ2v) is 9.14. The molecule has 5 rings (SSSR count). The third-order valence-corrected chi connectivity index (χ3v) is 6.82. The van der Waals surface area contributed by atoms with Gasteiger partial charge in [-0.3, -0.25) is 4.79 Å². The number of hydrogen-bond acceptors (Lipinski definition) is 5. The molecular formula is C25H24N4OS. The van der Waals surface area contributed by atoms with Crippen molar-refractivity contribution in [2.24, 2.45) is 5.73 Å². The summed E-state index contributed by atoms with van der Waals surface area (Å²) in [5.74, 6) is 0.0530. The number of fused-ring (bicyclic) bond motifs is 2. The zero-order valence-electron chi connectivity index (χ0n) is 17.3. The van der Waals surface area contributed by atoms with E-state index in [-0.39, 0.29) is 11.9 Å². The molecule has 4 aromatic rings. The summed E-state index contributed by atoms with van der Waals surface area (Å²) in [4.78, 5) is 19.4. The van der Waals surface area contributed by atoms with Crippen molar-refractivity contribution < 1.29 is 4.79 Å². The average molecular weight is 429 g/mol. The molecule has 5 nitrogen and oxygen atoms in total. The molecule has 2 heterocycles. The number of likely N-dealkylation sites (N-methyl/N-ethyl adjacent to an activating group) is 1. The van der Waals surface area contributed by atoms with Gasteiger partial charge in [-0.15, -0.1) is 0 Å². The molecule has 0 bridgehead atoms. The zero-order chi connectivity index (χ0) is 21.4. The Morgan fingerprint density at radius 1 is 1.13 bits per heavy atom. The minimum atomic E-state index is 0.00981. The minimum absolute atomic E-state index is 0.00981. The lowest BCUT2D eigenvalue weighted by molar-refractivity contribution is -0.115. The van der Waals surface area contributed by atoms with Crippen molar-refractivity contribution in [1.82, 2.24) is 4.98 Å². The number of nitrogens with two attached hydrogens (primary N) is 1. The largest absolute Gasteiger partial charge is 0.350 e. The Morgan fingerprint density at radius 3 is 2.84 bits per heavy atom. The van der Waals surface area contributed by atoms with Crippen LogP contribution in [-0.4, -0.2) is 30.5 Å². The fraction of sp³-hybridized carbons (Fsp3) is 0.200. The molecule has 0 spiro atoms. The molecule has 0 saturated carbocycles. The van der Waals surface area contributed by atoms with Crippen LogP contribution in [0.15, 0.2) is 66.9 Å². The molecule has 156 valence electrons. The van der Waals surface area contributed by atoms with Gasteiger partial charge in [-0.25, -0.2) is 4.98 Å². The maximum atomic E-state index is 11.6. The van der Waals surface area contributed by atoms with Gasteiger partial charge in [0.15, 0.2) is 5.13 Å². The maximum absolute atomic E-state index is 11.6. The smallest absolute Gasteiger partial charge is 0.228 e. The van der Waals surface area contributed by atoms with Gasteiger partial charge in [0.1, 0.15) is 0 Å². The number of carbonyl (C=O) groups is 1. The van der Waals surface area contributed by atoms with Gasteiger partial charge in [0.2, 0.25) is 5.91 Å². The zero-order valence-corrected chi connectivity index (χ0v) is 18.2. The van der Waals surface area contributed by atoms with E-state index in [4.69, 9.17) is 5.73 Å². The van der Waals surface area contributed by atoms with Crippen LogP contribution in [0.4, 0.5) is 10.8 Å². The van der Waals surface area contributed by atoms with Gasteiger partial charge in [-0.05, 0) is 46.0 Å². The first kappa shape index (κ1) is 19.7. The Balaban J connectivity index is 1.25. The van der Waals surface area contributed by atoms with Gasteiger partial charge in [0, 0.05) is 31.5 Å². The summed E-state index contributed by atoms with van der Waals surface area (Å²) in [7, 11) is 2.04. The molecule has 1 aromatic heterocycles. The van der Waals surface area contributed by atoms with Crippen molar-refractivity contribution in [2.45, 2.75) is 18.9 Å². The summed E-state index contributed by atoms with van der Waals surface area (Å²) < 4.78 is 0. The van der Waals surface area contributed by atoms with Gasteiger partial charge < -0.3 is 16.0 Å². The number of aromatic nitrogens is 1. The van der Waals surface area contributed by atoms with Crippen LogP contribution in [0.1, 0.15) is 11.1 Å². The van der Waals surface area contributed by atoms with E-state index in [0.717, 1.165) is 39.8 Å². The number of nitrogens with one attached hydrogen (secondary N) is 1. The van der Waals surface area contributed by atoms with E-state index in [1.807, 2.05) is 25.4 Å². The summed E-state index contributed by atoms with van der Waals surface area (Å²) >= 11 is 1.64. The van der Waals surface area contributed by atoms with E-state index in [2.05, 4.69) is 63.7 Å². The predicted octanol–water partition coefficient (Wildman–Crippen LogP) is 4.46. The van der Waals surface area contributed by atoms with Crippen molar-refractivity contribution in [3.63, 3.8) is 0 Å². The first-order chi connectivity index (χ1) is 15.0. The monoisotopic (exact) mass is 428 g/mol. The Labute approximate surface area is 185 Å². The predicted molar refractivity (Wildman–Crippen MR) is 129 cm³/mol. The fourth-order valence-corrected chi connectivity index (χ4v) is 5.00. The van der Waals surface area contributed by atoms with Crippen molar-refractivity contribution in [3.05, 3.63) is 78.0 Å². The van der Waals surface area contributed by atoms with Crippen LogP contribution < -0.4 is 16.0 Å². The lowest BCUT2D eigenvalue weighted by Crippen LogP contribution is -2.36. The Kier molecular flexibility index (Phi) is 5.18. The highest BCUT2D eigenvalue weighted by Crippen LogP contribution is 2.34. The molecule has 3 N–H and O–H groups in total. The molecule has 1 aliphatic heterocycles. The van der Waals surface area contributed by atoms with E-state index < -0.39 is 0 Å². The van der Waals surface area contributed by atoms with Crippen LogP contribution in [0.3, 0.4) is 0 Å². The van der Waals surface area contributed by atoms with Gasteiger partial charge >= 0.3 is 0 Å². The number of nitrogens with zero attached hydrogens (tertiary/aromatic N) is 2. The molecule has 0 radical (unpaired) electrons. The van der Waals surface area contributed by atoms with Crippen LogP contribution in [0.25, 0.3) is 21.2 Å². The number of carbonyl (C=O) groups excluding carboxylic acids is 1. The van der Waals surface area contributed by atoms with Crippen LogP contribution >= 0.6 is 11.3 Å². The third-order valence-electron chi connectivity index (χ3n) is 5.66. The first-order valence-corrected chi connectivity index (χ1v) is 11.2. The van der Waals surface area contributed by atoms with Gasteiger partial charge in [-0.2, -0.15) is 0 Å². The molecule has 3 aromatic carbocycles. The molecule has 1 atom stereocenters. The van der Waals surface area contributed by atoms with Crippen LogP contribution in [0.2, 0.25) is 0 Å². The summed E-state index contributed by atoms with van der Waals surface area (Å²) in [6.45, 7) is 0.725. The number of thiazole rings is 1. The Bertz CT molecular complexity index is 1270. The van der Waals surface area contributed by atoms with Gasteiger partial charge in [-0.1, -0.05) is 59.9 Å². The van der Waals surface area contributed by atoms with Crippen LogP contribution in [0, 0.1) is 0 Å². The molecule has 6 heteroatoms. The number of rotatable bonds is 6. The topological polar surface area (TPSA) is 71.2 Å². The quantitative estimate of drug-likeness (QED) is 0.476. The highest BCUT2D eigenvalue weighted by atomic mass is 32.1. The Hall–Kier alpha value is -3.22. The number of hydrogen-bond donors (Lipinski definition) is 2. The summed E-state index contributed by atoms with van der Waals surface area (Å²) in [6.07, 6.45) is 3.16. The van der Waals surface area contributed by atoms with Crippen molar-refractivity contribution >= 4 is 38.8 Å². The molecular weight excluding hydrogens is 404 g/mol. The standard InChI is InChI=1S/C25H24N4OS/c1-29(15-21(26)11-16-6-7-17-4-2-3-5-18(17)10-16)25-27-14-23(31-25)19-8-9-22-20(12-19)13-24(30)28-22/h2-10,12,14,21H,11,13,15,26H2,1H3,(H,28,30)/t21-/m0/s1. The van der Waals surface area contributed by atoms with E-state index in [1.165, 1.54) is 16.3 Å². The minimum Gasteiger partial charge on any atom is -0.350 e. The van der Waals surface area contributed by atoms with E-state index in [0.29, 0.717) is 6.42 Å². The van der Waals surface area contributed by atoms with Crippen molar-refractivity contribution in [3.8, 4) is 10.4 Å². The molecule has 1 aliphatic rings. The van der Waals surface area contributed by atoms with Crippen molar-refractivity contribution in [2.75, 3.05) is 23.8 Å². The summed E-state index contributed by atoms with van der Waals surface area (Å²) in [5, 5.41) is 6.32. The molecule has 0 fully saturated rings. The van der Waals surface area contributed by atoms with E-state index >= 15 is 0 Å². The molecule has 0 saturated heterocycles. The summed E-state index contributed by atoms with van der Waals surface area (Å²) in [5.41, 5.74) is 10.8. The first-order valence-electron chi connectivity index (χ1n) is 10.4. The third kappa shape index (κ3) is 4.17. The lowest BCUT2D eigenvalue weighted by Gasteiger charge is -2.21. The van der Waals surface area contributed by atoms with Crippen LogP contribution in [0.5, 0.6) is 0 Å². The summed E-state index contributed by atoms with van der Waals surface area (Å²) in [6, 6.07) is 21.0. The second kappa shape index (κ2) is 8.13. The highest BCUT2D eigenvalue weighted by Gasteiger charge is 2.19. The lowest BCUT2D eigenvalue weighted by atomic mass is 10.0. The Morgan fingerprint density at radius 2 is 1.97 bits per heavy atom. The van der Waals surface area contributed by atoms with Gasteiger partial charge in [0.05, 0.1) is 11.3 Å². The van der Waals surface area contributed by atoms with E-state index in [1.54, 1.807) is 11.3 Å². The second-order valence-electron chi connectivity index (χ2n) is 8.13. The SMILES string of the molecule is CN(C[C@@H](N)Cc1ccc2ccccc2c1)c1ncc(-c2ccc3c(c2)CC(=O)N3)s1. The number of anilines is 2. The van der Waals surface area contributed by atoms with Gasteiger partial charge in [0.25, 0.3) is 0 Å². The molecule has 0 unspecified atom stereocenters. The molecule has 31 heavy (non-hydrogen) atoms. The molecule has 1 amide bonds. The number of amides is 1. The van der Waals surface area contributed by atoms with E-state index in [9.17, 15) is 4.79 Å². The fourth-order valence-electron chi connectivity index (χ4n) is 4.12. The highest BCUT2D eigenvalue weighted by molar-refractivity contribution is 7.18. The normalized spacial score (nSPS) is 13.8. The maximum Gasteiger partial charge on any atom is 0.228 e. The van der Waals surface area contributed by atoms with Crippen molar-refractivity contribution in [1.29, 1.82) is 0 Å².